The number of rotatable bonds is 2. The highest BCUT2D eigenvalue weighted by Crippen LogP contribution is 2.33. The number of nitrogens with one attached hydrogen (secondary N) is 2. The van der Waals surface area contributed by atoms with Crippen molar-refractivity contribution in [3.8, 4) is 11.5 Å². The summed E-state index contributed by atoms with van der Waals surface area (Å²) in [6.45, 7) is 5.06. The van der Waals surface area contributed by atoms with Gasteiger partial charge in [-0.15, -0.1) is 0 Å². The molecule has 0 aliphatic carbocycles. The first-order valence-corrected chi connectivity index (χ1v) is 7.92. The number of hydrogen-bond donors (Lipinski definition) is 2. The average molecular weight is 322 g/mol. The fraction of sp³-hybridized carbons (Fsp3) is 0.211. The third-order valence-electron chi connectivity index (χ3n) is 4.24. The van der Waals surface area contributed by atoms with Crippen molar-refractivity contribution in [3.63, 3.8) is 0 Å². The molecule has 1 amide bonds. The van der Waals surface area contributed by atoms with Crippen molar-refractivity contribution in [2.45, 2.75) is 13.8 Å². The number of H-pyrrole nitrogens is 1. The fourth-order valence-corrected chi connectivity index (χ4v) is 2.98. The molecule has 0 saturated heterocycles. The summed E-state index contributed by atoms with van der Waals surface area (Å²) in [7, 11) is 0. The highest BCUT2D eigenvalue weighted by Gasteiger charge is 2.17. The van der Waals surface area contributed by atoms with Crippen molar-refractivity contribution in [1.82, 2.24) is 4.98 Å². The zero-order valence-corrected chi connectivity index (χ0v) is 13.6. The lowest BCUT2D eigenvalue weighted by molar-refractivity contribution is 0.102. The summed E-state index contributed by atoms with van der Waals surface area (Å²) in [5.41, 5.74) is 4.33. The van der Waals surface area contributed by atoms with Gasteiger partial charge in [-0.05, 0) is 43.7 Å². The van der Waals surface area contributed by atoms with Gasteiger partial charge in [0.15, 0.2) is 11.5 Å². The fourth-order valence-electron chi connectivity index (χ4n) is 2.98. The van der Waals surface area contributed by atoms with E-state index in [1.54, 1.807) is 6.07 Å². The topological polar surface area (TPSA) is 63.4 Å². The van der Waals surface area contributed by atoms with Crippen LogP contribution in [0.2, 0.25) is 0 Å². The molecule has 2 N–H and O–H groups in total. The van der Waals surface area contributed by atoms with Crippen LogP contribution in [-0.2, 0) is 0 Å². The van der Waals surface area contributed by atoms with Crippen LogP contribution < -0.4 is 14.8 Å². The van der Waals surface area contributed by atoms with E-state index in [0.29, 0.717) is 36.1 Å². The van der Waals surface area contributed by atoms with Crippen LogP contribution in [0.1, 0.15) is 21.6 Å². The van der Waals surface area contributed by atoms with Gasteiger partial charge in [0, 0.05) is 22.7 Å². The first kappa shape index (κ1) is 14.6. The SMILES string of the molecule is Cc1ccc2[nH]c(C(=O)Nc3ccc4c(c3)OCCO4)c(C)c2c1. The lowest BCUT2D eigenvalue weighted by Gasteiger charge is -2.19. The van der Waals surface area contributed by atoms with Gasteiger partial charge in [0.25, 0.3) is 5.91 Å². The summed E-state index contributed by atoms with van der Waals surface area (Å²) in [6.07, 6.45) is 0. The Labute approximate surface area is 139 Å². The van der Waals surface area contributed by atoms with E-state index >= 15 is 0 Å². The molecule has 0 bridgehead atoms. The van der Waals surface area contributed by atoms with E-state index in [1.165, 1.54) is 5.56 Å². The quantitative estimate of drug-likeness (QED) is 0.754. The Morgan fingerprint density at radius 1 is 1.04 bits per heavy atom. The predicted molar refractivity (Wildman–Crippen MR) is 93.2 cm³/mol. The number of aromatic amines is 1. The van der Waals surface area contributed by atoms with E-state index < -0.39 is 0 Å². The first-order valence-electron chi connectivity index (χ1n) is 7.92. The van der Waals surface area contributed by atoms with Crippen LogP contribution in [0.3, 0.4) is 0 Å². The number of carbonyl (C=O) groups is 1. The van der Waals surface area contributed by atoms with Crippen LogP contribution in [0.25, 0.3) is 10.9 Å². The maximum absolute atomic E-state index is 12.6. The smallest absolute Gasteiger partial charge is 0.272 e. The van der Waals surface area contributed by atoms with Gasteiger partial charge in [-0.3, -0.25) is 4.79 Å². The Morgan fingerprint density at radius 3 is 2.67 bits per heavy atom. The van der Waals surface area contributed by atoms with Gasteiger partial charge in [-0.2, -0.15) is 0 Å². The minimum absolute atomic E-state index is 0.168. The number of ether oxygens (including phenoxy) is 2. The van der Waals surface area contributed by atoms with Crippen LogP contribution in [-0.4, -0.2) is 24.1 Å². The summed E-state index contributed by atoms with van der Waals surface area (Å²) in [5.74, 6) is 1.19. The third-order valence-corrected chi connectivity index (χ3v) is 4.24. The molecule has 1 aliphatic rings. The Morgan fingerprint density at radius 2 is 1.83 bits per heavy atom. The highest BCUT2D eigenvalue weighted by molar-refractivity contribution is 6.08. The minimum atomic E-state index is -0.168. The van der Waals surface area contributed by atoms with Gasteiger partial charge in [-0.25, -0.2) is 0 Å². The number of fused-ring (bicyclic) bond motifs is 2. The molecule has 5 heteroatoms. The molecule has 1 aromatic heterocycles. The van der Waals surface area contributed by atoms with Gasteiger partial charge in [0.05, 0.1) is 0 Å². The van der Waals surface area contributed by atoms with Crippen LogP contribution in [0.5, 0.6) is 11.5 Å². The van der Waals surface area contributed by atoms with Gasteiger partial charge in [0.1, 0.15) is 18.9 Å². The van der Waals surface area contributed by atoms with Crippen molar-refractivity contribution in [3.05, 3.63) is 53.2 Å². The number of carbonyl (C=O) groups excluding carboxylic acids is 1. The molecular weight excluding hydrogens is 304 g/mol. The number of anilines is 1. The molecule has 0 atom stereocenters. The van der Waals surface area contributed by atoms with E-state index in [4.69, 9.17) is 9.47 Å². The Kier molecular flexibility index (Phi) is 3.41. The van der Waals surface area contributed by atoms with E-state index in [1.807, 2.05) is 38.1 Å². The molecule has 0 saturated carbocycles. The predicted octanol–water partition coefficient (Wildman–Crippen LogP) is 3.81. The van der Waals surface area contributed by atoms with Crippen molar-refractivity contribution in [2.24, 2.45) is 0 Å². The maximum atomic E-state index is 12.6. The molecule has 0 spiro atoms. The normalized spacial score (nSPS) is 13.1. The maximum Gasteiger partial charge on any atom is 0.272 e. The Hall–Kier alpha value is -2.95. The van der Waals surface area contributed by atoms with E-state index in [9.17, 15) is 4.79 Å². The lowest BCUT2D eigenvalue weighted by Crippen LogP contribution is -2.17. The number of aromatic nitrogens is 1. The van der Waals surface area contributed by atoms with Crippen molar-refractivity contribution in [2.75, 3.05) is 18.5 Å². The molecule has 1 aliphatic heterocycles. The molecule has 2 aromatic carbocycles. The molecule has 3 aromatic rings. The van der Waals surface area contributed by atoms with Crippen molar-refractivity contribution in [1.29, 1.82) is 0 Å². The lowest BCUT2D eigenvalue weighted by atomic mass is 10.1. The Bertz CT molecular complexity index is 943. The van der Waals surface area contributed by atoms with E-state index in [0.717, 1.165) is 16.5 Å². The third kappa shape index (κ3) is 2.48. The van der Waals surface area contributed by atoms with Gasteiger partial charge < -0.3 is 19.8 Å². The molecule has 5 nitrogen and oxygen atoms in total. The molecule has 2 heterocycles. The van der Waals surface area contributed by atoms with E-state index in [-0.39, 0.29) is 5.91 Å². The minimum Gasteiger partial charge on any atom is -0.486 e. The molecule has 4 rings (SSSR count). The number of hydrogen-bond acceptors (Lipinski definition) is 3. The second-order valence-electron chi connectivity index (χ2n) is 5.99. The molecule has 0 unspecified atom stereocenters. The van der Waals surface area contributed by atoms with Crippen molar-refractivity contribution >= 4 is 22.5 Å². The van der Waals surface area contributed by atoms with Gasteiger partial charge >= 0.3 is 0 Å². The second kappa shape index (κ2) is 5.60. The summed E-state index contributed by atoms with van der Waals surface area (Å²) in [6, 6.07) is 11.5. The second-order valence-corrected chi connectivity index (χ2v) is 5.99. The van der Waals surface area contributed by atoms with Crippen LogP contribution in [0.15, 0.2) is 36.4 Å². The zero-order valence-electron chi connectivity index (χ0n) is 13.6. The monoisotopic (exact) mass is 322 g/mol. The first-order chi connectivity index (χ1) is 11.6. The molecule has 122 valence electrons. The summed E-state index contributed by atoms with van der Waals surface area (Å²) < 4.78 is 11.0. The summed E-state index contributed by atoms with van der Waals surface area (Å²) >= 11 is 0. The molecule has 0 radical (unpaired) electrons. The van der Waals surface area contributed by atoms with E-state index in [2.05, 4.69) is 16.4 Å². The van der Waals surface area contributed by atoms with Crippen molar-refractivity contribution < 1.29 is 14.3 Å². The van der Waals surface area contributed by atoms with Crippen LogP contribution in [0, 0.1) is 13.8 Å². The largest absolute Gasteiger partial charge is 0.486 e. The number of aryl methyl sites for hydroxylation is 2. The van der Waals surface area contributed by atoms with Crippen LogP contribution >= 0.6 is 0 Å². The molecular formula is C19H18N2O3. The molecule has 0 fully saturated rings. The zero-order chi connectivity index (χ0) is 16.7. The summed E-state index contributed by atoms with van der Waals surface area (Å²) in [5, 5.41) is 3.99. The number of benzene rings is 2. The standard InChI is InChI=1S/C19H18N2O3/c1-11-3-5-15-14(9-11)12(2)18(21-15)19(22)20-13-4-6-16-17(10-13)24-8-7-23-16/h3-6,9-10,21H,7-8H2,1-2H3,(H,20,22). The molecule has 24 heavy (non-hydrogen) atoms. The van der Waals surface area contributed by atoms with Crippen LogP contribution in [0.4, 0.5) is 5.69 Å². The van der Waals surface area contributed by atoms with Gasteiger partial charge in [-0.1, -0.05) is 11.6 Å². The number of amides is 1. The van der Waals surface area contributed by atoms with Gasteiger partial charge in [0.2, 0.25) is 0 Å². The summed E-state index contributed by atoms with van der Waals surface area (Å²) in [4.78, 5) is 15.8. The Balaban J connectivity index is 1.63. The average Bonchev–Trinajstić information content (AvgIpc) is 2.91. The highest BCUT2D eigenvalue weighted by atomic mass is 16.6.